The zero-order chi connectivity index (χ0) is 11.0. The van der Waals surface area contributed by atoms with E-state index in [-0.39, 0.29) is 12.3 Å². The molecule has 0 saturated heterocycles. The van der Waals surface area contributed by atoms with Gasteiger partial charge in [0, 0.05) is 0 Å². The summed E-state index contributed by atoms with van der Waals surface area (Å²) >= 11 is 0. The van der Waals surface area contributed by atoms with Crippen molar-refractivity contribution < 1.29 is 15.0 Å². The molecule has 2 N–H and O–H groups in total. The van der Waals surface area contributed by atoms with Gasteiger partial charge in [0.25, 0.3) is 0 Å². The van der Waals surface area contributed by atoms with Gasteiger partial charge in [-0.1, -0.05) is 25.1 Å². The van der Waals surface area contributed by atoms with Crippen LogP contribution in [0.3, 0.4) is 0 Å². The molecule has 0 heterocycles. The molecule has 15 heavy (non-hydrogen) atoms. The minimum absolute atomic E-state index is 0.0222. The van der Waals surface area contributed by atoms with Crippen molar-refractivity contribution >= 4 is 5.97 Å². The number of hydrogen-bond donors (Lipinski definition) is 2. The minimum Gasteiger partial charge on any atom is -0.481 e. The first kappa shape index (κ1) is 10.2. The predicted molar refractivity (Wildman–Crippen MR) is 55.6 cm³/mol. The lowest BCUT2D eigenvalue weighted by Gasteiger charge is -2.09. The maximum Gasteiger partial charge on any atom is 0.307 e. The number of aliphatic carboxylic acids is 1. The molecule has 0 radical (unpaired) electrons. The lowest BCUT2D eigenvalue weighted by atomic mass is 10.0. The number of hydrogen-bond acceptors (Lipinski definition) is 2. The lowest BCUT2D eigenvalue weighted by molar-refractivity contribution is -0.136. The van der Waals surface area contributed by atoms with Crippen molar-refractivity contribution in [2.24, 2.45) is 5.92 Å². The smallest absolute Gasteiger partial charge is 0.307 e. The van der Waals surface area contributed by atoms with Gasteiger partial charge in [0.1, 0.15) is 0 Å². The van der Waals surface area contributed by atoms with Gasteiger partial charge in [-0.3, -0.25) is 4.79 Å². The van der Waals surface area contributed by atoms with Crippen LogP contribution in [-0.2, 0) is 17.6 Å². The van der Waals surface area contributed by atoms with E-state index in [0.717, 1.165) is 23.1 Å². The van der Waals surface area contributed by atoms with Gasteiger partial charge in [-0.05, 0) is 29.0 Å². The minimum atomic E-state index is -0.838. The fourth-order valence-corrected chi connectivity index (χ4v) is 2.16. The standard InChI is InChI=1S/C12H14O3/c1-7-4-9-3-2-8(6-11(13)14)5-10(9)12(7)15/h2-3,5,7,12,15H,4,6H2,1H3,(H,13,14). The van der Waals surface area contributed by atoms with E-state index in [9.17, 15) is 9.90 Å². The first-order valence-electron chi connectivity index (χ1n) is 5.09. The largest absolute Gasteiger partial charge is 0.481 e. The Balaban J connectivity index is 2.31. The van der Waals surface area contributed by atoms with E-state index in [1.165, 1.54) is 0 Å². The van der Waals surface area contributed by atoms with E-state index in [2.05, 4.69) is 0 Å². The monoisotopic (exact) mass is 206 g/mol. The molecule has 3 nitrogen and oxygen atoms in total. The molecular weight excluding hydrogens is 192 g/mol. The van der Waals surface area contributed by atoms with Crippen molar-refractivity contribution in [3.05, 3.63) is 34.9 Å². The molecule has 80 valence electrons. The highest BCUT2D eigenvalue weighted by molar-refractivity contribution is 5.70. The highest BCUT2D eigenvalue weighted by Crippen LogP contribution is 2.36. The topological polar surface area (TPSA) is 57.5 Å². The quantitative estimate of drug-likeness (QED) is 0.771. The Morgan fingerprint density at radius 1 is 1.53 bits per heavy atom. The maximum absolute atomic E-state index is 10.6. The molecule has 0 aromatic heterocycles. The molecule has 1 aromatic rings. The van der Waals surface area contributed by atoms with Gasteiger partial charge in [-0.2, -0.15) is 0 Å². The van der Waals surface area contributed by atoms with Gasteiger partial charge in [-0.25, -0.2) is 0 Å². The van der Waals surface area contributed by atoms with Crippen LogP contribution >= 0.6 is 0 Å². The van der Waals surface area contributed by atoms with Gasteiger partial charge in [-0.15, -0.1) is 0 Å². The predicted octanol–water partition coefficient (Wildman–Crippen LogP) is 1.54. The van der Waals surface area contributed by atoms with Gasteiger partial charge in [0.2, 0.25) is 0 Å². The van der Waals surface area contributed by atoms with Gasteiger partial charge < -0.3 is 10.2 Å². The van der Waals surface area contributed by atoms with Crippen LogP contribution in [-0.4, -0.2) is 16.2 Å². The van der Waals surface area contributed by atoms with Crippen LogP contribution in [0.15, 0.2) is 18.2 Å². The summed E-state index contributed by atoms with van der Waals surface area (Å²) in [5, 5.41) is 18.5. The number of aliphatic hydroxyl groups excluding tert-OH is 1. The highest BCUT2D eigenvalue weighted by atomic mass is 16.4. The van der Waals surface area contributed by atoms with Crippen LogP contribution < -0.4 is 0 Å². The summed E-state index contributed by atoms with van der Waals surface area (Å²) < 4.78 is 0. The maximum atomic E-state index is 10.6. The molecule has 2 unspecified atom stereocenters. The first-order chi connectivity index (χ1) is 7.08. The van der Waals surface area contributed by atoms with Crippen LogP contribution in [0.5, 0.6) is 0 Å². The third-order valence-electron chi connectivity index (χ3n) is 2.97. The molecule has 1 aliphatic rings. The summed E-state index contributed by atoms with van der Waals surface area (Å²) in [5.74, 6) is -0.601. The Bertz CT molecular complexity index is 398. The van der Waals surface area contributed by atoms with E-state index < -0.39 is 12.1 Å². The summed E-state index contributed by atoms with van der Waals surface area (Å²) in [7, 11) is 0. The summed E-state index contributed by atoms with van der Waals surface area (Å²) in [6.07, 6.45) is 0.465. The summed E-state index contributed by atoms with van der Waals surface area (Å²) in [4.78, 5) is 10.6. The number of fused-ring (bicyclic) bond motifs is 1. The Morgan fingerprint density at radius 2 is 2.27 bits per heavy atom. The molecule has 1 aliphatic carbocycles. The molecular formula is C12H14O3. The average Bonchev–Trinajstić information content (AvgIpc) is 2.43. The second-order valence-corrected chi connectivity index (χ2v) is 4.23. The molecule has 0 spiro atoms. The number of carbonyl (C=O) groups is 1. The third kappa shape index (κ3) is 1.88. The fourth-order valence-electron chi connectivity index (χ4n) is 2.16. The van der Waals surface area contributed by atoms with Gasteiger partial charge in [0.05, 0.1) is 12.5 Å². The molecule has 0 saturated carbocycles. The molecule has 2 rings (SSSR count). The Kier molecular flexibility index (Phi) is 2.49. The molecule has 1 aromatic carbocycles. The number of aliphatic hydroxyl groups is 1. The average molecular weight is 206 g/mol. The zero-order valence-electron chi connectivity index (χ0n) is 8.60. The number of carboxylic acids is 1. The second-order valence-electron chi connectivity index (χ2n) is 4.23. The first-order valence-corrected chi connectivity index (χ1v) is 5.09. The van der Waals surface area contributed by atoms with Crippen molar-refractivity contribution in [1.29, 1.82) is 0 Å². The fraction of sp³-hybridized carbons (Fsp3) is 0.417. The second kappa shape index (κ2) is 3.66. The molecule has 0 aliphatic heterocycles. The van der Waals surface area contributed by atoms with Crippen molar-refractivity contribution in [2.45, 2.75) is 25.9 Å². The Hall–Kier alpha value is -1.35. The van der Waals surface area contributed by atoms with Crippen molar-refractivity contribution in [3.63, 3.8) is 0 Å². The normalized spacial score (nSPS) is 23.9. The summed E-state index contributed by atoms with van der Waals surface area (Å²) in [6, 6.07) is 5.58. The molecule has 0 amide bonds. The lowest BCUT2D eigenvalue weighted by Crippen LogP contribution is -2.03. The van der Waals surface area contributed by atoms with E-state index in [1.54, 1.807) is 0 Å². The number of rotatable bonds is 2. The SMILES string of the molecule is CC1Cc2ccc(CC(=O)O)cc2C1O. The molecule has 2 atom stereocenters. The van der Waals surface area contributed by atoms with Crippen LogP contribution in [0.4, 0.5) is 0 Å². The van der Waals surface area contributed by atoms with E-state index in [1.807, 2.05) is 25.1 Å². The van der Waals surface area contributed by atoms with Crippen LogP contribution in [0.2, 0.25) is 0 Å². The van der Waals surface area contributed by atoms with E-state index >= 15 is 0 Å². The number of carboxylic acid groups (broad SMARTS) is 1. The molecule has 0 bridgehead atoms. The zero-order valence-corrected chi connectivity index (χ0v) is 8.60. The summed E-state index contributed by atoms with van der Waals surface area (Å²) in [6.45, 7) is 2.00. The Labute approximate surface area is 88.4 Å². The van der Waals surface area contributed by atoms with Gasteiger partial charge >= 0.3 is 5.97 Å². The van der Waals surface area contributed by atoms with E-state index in [4.69, 9.17) is 5.11 Å². The van der Waals surface area contributed by atoms with Crippen molar-refractivity contribution in [3.8, 4) is 0 Å². The summed E-state index contributed by atoms with van der Waals surface area (Å²) in [5.41, 5.74) is 2.81. The van der Waals surface area contributed by atoms with Gasteiger partial charge in [0.15, 0.2) is 0 Å². The van der Waals surface area contributed by atoms with Crippen LogP contribution in [0.1, 0.15) is 29.7 Å². The Morgan fingerprint density at radius 3 is 2.93 bits per heavy atom. The molecule has 3 heteroatoms. The highest BCUT2D eigenvalue weighted by Gasteiger charge is 2.27. The van der Waals surface area contributed by atoms with Crippen LogP contribution in [0, 0.1) is 5.92 Å². The van der Waals surface area contributed by atoms with Crippen molar-refractivity contribution in [2.75, 3.05) is 0 Å². The van der Waals surface area contributed by atoms with Crippen LogP contribution in [0.25, 0.3) is 0 Å². The number of benzene rings is 1. The van der Waals surface area contributed by atoms with Crippen molar-refractivity contribution in [1.82, 2.24) is 0 Å². The molecule has 0 fully saturated rings. The van der Waals surface area contributed by atoms with E-state index in [0.29, 0.717) is 0 Å². The third-order valence-corrected chi connectivity index (χ3v) is 2.97.